The molecule has 156 valence electrons. The summed E-state index contributed by atoms with van der Waals surface area (Å²) in [4.78, 5) is 13.3. The number of nitrogens with zero attached hydrogens (tertiary/aromatic N) is 7. The summed E-state index contributed by atoms with van der Waals surface area (Å²) in [6.07, 6.45) is 0.691. The van der Waals surface area contributed by atoms with Crippen LogP contribution in [-0.2, 0) is 13.5 Å². The normalized spacial score (nSPS) is 11.4. The van der Waals surface area contributed by atoms with Gasteiger partial charge in [-0.25, -0.2) is 4.68 Å². The lowest BCUT2D eigenvalue weighted by molar-refractivity contribution is 0.447. The second-order valence-corrected chi connectivity index (χ2v) is 8.07. The number of hydrogen-bond donors (Lipinski definition) is 0. The zero-order chi connectivity index (χ0) is 21.4. The molecule has 3 heterocycles. The Hall–Kier alpha value is -3.66. The third-order valence-corrected chi connectivity index (χ3v) is 6.12. The molecule has 0 aliphatic rings. The van der Waals surface area contributed by atoms with Crippen LogP contribution in [0.15, 0.2) is 69.1 Å². The summed E-state index contributed by atoms with van der Waals surface area (Å²) in [5.74, 6) is 0.690. The van der Waals surface area contributed by atoms with Crippen LogP contribution in [0.2, 0.25) is 0 Å². The maximum Gasteiger partial charge on any atom is 0.297 e. The largest absolute Gasteiger partial charge is 0.356 e. The van der Waals surface area contributed by atoms with Gasteiger partial charge < -0.3 is 4.52 Å². The number of para-hydroxylation sites is 2. The second-order valence-electron chi connectivity index (χ2n) is 7.01. The van der Waals surface area contributed by atoms with E-state index in [1.807, 2.05) is 73.3 Å². The third kappa shape index (κ3) is 3.34. The predicted molar refractivity (Wildman–Crippen MR) is 117 cm³/mol. The summed E-state index contributed by atoms with van der Waals surface area (Å²) in [6.45, 7) is 1.88. The van der Waals surface area contributed by atoms with Gasteiger partial charge in [-0.2, -0.15) is 4.68 Å². The number of aryl methyl sites for hydroxylation is 1. The molecule has 0 amide bonds. The third-order valence-electron chi connectivity index (χ3n) is 5.20. The Labute approximate surface area is 181 Å². The molecule has 0 unspecified atom stereocenters. The molecule has 0 N–H and O–H groups in total. The van der Waals surface area contributed by atoms with Gasteiger partial charge in [0.25, 0.3) is 5.56 Å². The first-order chi connectivity index (χ1) is 15.1. The topological polar surface area (TPSA) is 96.6 Å². The van der Waals surface area contributed by atoms with Crippen LogP contribution >= 0.6 is 11.8 Å². The van der Waals surface area contributed by atoms with E-state index in [0.29, 0.717) is 23.0 Å². The average Bonchev–Trinajstić information content (AvgIpc) is 3.47. The Kier molecular flexibility index (Phi) is 4.91. The first-order valence-corrected chi connectivity index (χ1v) is 10.7. The van der Waals surface area contributed by atoms with Gasteiger partial charge in [0.1, 0.15) is 0 Å². The number of rotatable bonds is 6. The lowest BCUT2D eigenvalue weighted by Crippen LogP contribution is -2.22. The van der Waals surface area contributed by atoms with Gasteiger partial charge in [-0.05, 0) is 41.6 Å². The molecular weight excluding hydrogens is 414 g/mol. The SMILES string of the molecule is Cc1c(-n2nnnc2SCCc2noc3ccccc23)c(=O)n(-c2ccccc2)n1C. The van der Waals surface area contributed by atoms with Gasteiger partial charge in [-0.15, -0.1) is 5.10 Å². The van der Waals surface area contributed by atoms with Gasteiger partial charge in [-0.3, -0.25) is 9.48 Å². The first kappa shape index (κ1) is 19.3. The molecule has 3 aromatic heterocycles. The highest BCUT2D eigenvalue weighted by atomic mass is 32.2. The number of hydrogen-bond acceptors (Lipinski definition) is 7. The molecule has 0 aliphatic heterocycles. The molecule has 0 atom stereocenters. The van der Waals surface area contributed by atoms with Crippen molar-refractivity contribution in [2.24, 2.45) is 7.05 Å². The predicted octanol–water partition coefficient (Wildman–Crippen LogP) is 2.94. The highest BCUT2D eigenvalue weighted by Gasteiger charge is 2.22. The quantitative estimate of drug-likeness (QED) is 0.380. The van der Waals surface area contributed by atoms with E-state index in [1.54, 1.807) is 4.68 Å². The van der Waals surface area contributed by atoms with E-state index in [4.69, 9.17) is 4.52 Å². The van der Waals surface area contributed by atoms with E-state index in [2.05, 4.69) is 20.7 Å². The van der Waals surface area contributed by atoms with Crippen LogP contribution < -0.4 is 5.56 Å². The fraction of sp³-hybridized carbons (Fsp3) is 0.190. The van der Waals surface area contributed by atoms with E-state index in [1.165, 1.54) is 16.4 Å². The molecule has 5 aromatic rings. The van der Waals surface area contributed by atoms with E-state index in [9.17, 15) is 4.79 Å². The van der Waals surface area contributed by atoms with Crippen LogP contribution in [0.3, 0.4) is 0 Å². The van der Waals surface area contributed by atoms with Crippen LogP contribution in [0.5, 0.6) is 0 Å². The molecule has 0 saturated carbocycles. The highest BCUT2D eigenvalue weighted by Crippen LogP contribution is 2.23. The number of thioether (sulfide) groups is 1. The molecule has 0 radical (unpaired) electrons. The summed E-state index contributed by atoms with van der Waals surface area (Å²) >= 11 is 1.47. The Morgan fingerprint density at radius 1 is 1.06 bits per heavy atom. The van der Waals surface area contributed by atoms with Crippen LogP contribution in [0, 0.1) is 6.92 Å². The minimum absolute atomic E-state index is 0.178. The van der Waals surface area contributed by atoms with Gasteiger partial charge in [0.2, 0.25) is 5.16 Å². The van der Waals surface area contributed by atoms with Gasteiger partial charge >= 0.3 is 0 Å². The van der Waals surface area contributed by atoms with Crippen molar-refractivity contribution < 1.29 is 4.52 Å². The minimum Gasteiger partial charge on any atom is -0.356 e. The van der Waals surface area contributed by atoms with Crippen molar-refractivity contribution in [3.63, 3.8) is 0 Å². The standard InChI is InChI=1S/C21H19N7O2S/c1-14-19(20(29)28(26(14)2)15-8-4-3-5-9-15)27-21(22-24-25-27)31-13-12-17-16-10-6-7-11-18(16)30-23-17/h3-11H,12-13H2,1-2H3. The molecule has 0 saturated heterocycles. The summed E-state index contributed by atoms with van der Waals surface area (Å²) in [5, 5.41) is 17.8. The molecular formula is C21H19N7O2S. The molecule has 0 fully saturated rings. The van der Waals surface area contributed by atoms with Crippen molar-refractivity contribution in [3.05, 3.63) is 76.3 Å². The van der Waals surface area contributed by atoms with Crippen molar-refractivity contribution in [2.45, 2.75) is 18.5 Å². The maximum absolute atomic E-state index is 13.3. The average molecular weight is 433 g/mol. The Bertz CT molecular complexity index is 1410. The fourth-order valence-corrected chi connectivity index (χ4v) is 4.39. The number of benzene rings is 2. The minimum atomic E-state index is -0.178. The molecule has 9 nitrogen and oxygen atoms in total. The zero-order valence-corrected chi connectivity index (χ0v) is 17.8. The lowest BCUT2D eigenvalue weighted by atomic mass is 10.2. The van der Waals surface area contributed by atoms with E-state index < -0.39 is 0 Å². The highest BCUT2D eigenvalue weighted by molar-refractivity contribution is 7.99. The van der Waals surface area contributed by atoms with E-state index in [-0.39, 0.29) is 5.56 Å². The van der Waals surface area contributed by atoms with Crippen molar-refractivity contribution in [3.8, 4) is 11.4 Å². The van der Waals surface area contributed by atoms with Crippen LogP contribution in [-0.4, -0.2) is 40.5 Å². The van der Waals surface area contributed by atoms with Gasteiger partial charge in [0.15, 0.2) is 11.3 Å². The maximum atomic E-state index is 13.3. The number of aromatic nitrogens is 7. The van der Waals surface area contributed by atoms with Gasteiger partial charge in [0, 0.05) is 24.6 Å². The van der Waals surface area contributed by atoms with Crippen LogP contribution in [0.25, 0.3) is 22.3 Å². The summed E-state index contributed by atoms with van der Waals surface area (Å²) in [6, 6.07) is 17.3. The number of fused-ring (bicyclic) bond motifs is 1. The monoisotopic (exact) mass is 433 g/mol. The Balaban J connectivity index is 1.42. The van der Waals surface area contributed by atoms with Gasteiger partial charge in [0.05, 0.1) is 17.1 Å². The Morgan fingerprint density at radius 3 is 2.68 bits per heavy atom. The first-order valence-electron chi connectivity index (χ1n) is 9.74. The summed E-state index contributed by atoms with van der Waals surface area (Å²) in [7, 11) is 1.85. The second kappa shape index (κ2) is 7.88. The smallest absolute Gasteiger partial charge is 0.297 e. The van der Waals surface area contributed by atoms with Crippen LogP contribution in [0.1, 0.15) is 11.4 Å². The Morgan fingerprint density at radius 2 is 1.84 bits per heavy atom. The van der Waals surface area contributed by atoms with Crippen molar-refractivity contribution in [2.75, 3.05) is 5.75 Å². The lowest BCUT2D eigenvalue weighted by Gasteiger charge is -2.07. The van der Waals surface area contributed by atoms with Crippen molar-refractivity contribution in [1.29, 1.82) is 0 Å². The van der Waals surface area contributed by atoms with E-state index in [0.717, 1.165) is 28.0 Å². The molecule has 5 rings (SSSR count). The van der Waals surface area contributed by atoms with Gasteiger partial charge in [-0.1, -0.05) is 47.3 Å². The molecule has 2 aromatic carbocycles. The zero-order valence-electron chi connectivity index (χ0n) is 17.0. The molecule has 10 heteroatoms. The van der Waals surface area contributed by atoms with E-state index >= 15 is 0 Å². The van der Waals surface area contributed by atoms with Crippen LogP contribution in [0.4, 0.5) is 0 Å². The molecule has 0 bridgehead atoms. The molecule has 0 spiro atoms. The summed E-state index contributed by atoms with van der Waals surface area (Å²) < 4.78 is 10.3. The number of tetrazole rings is 1. The fourth-order valence-electron chi connectivity index (χ4n) is 3.56. The summed E-state index contributed by atoms with van der Waals surface area (Å²) in [5.41, 5.74) is 3.47. The van der Waals surface area contributed by atoms with Crippen molar-refractivity contribution >= 4 is 22.7 Å². The van der Waals surface area contributed by atoms with Crippen molar-refractivity contribution in [1.82, 2.24) is 34.7 Å². The molecule has 0 aliphatic carbocycles. The molecule has 31 heavy (non-hydrogen) atoms.